The average Bonchev–Trinajstić information content (AvgIpc) is 3.23. The molecule has 31 heavy (non-hydrogen) atoms. The monoisotopic (exact) mass is 504 g/mol. The van der Waals surface area contributed by atoms with Gasteiger partial charge in [-0.2, -0.15) is 0 Å². The topological polar surface area (TPSA) is 78.7 Å². The van der Waals surface area contributed by atoms with Crippen LogP contribution < -0.4 is 11.1 Å². The number of amides is 3. The van der Waals surface area contributed by atoms with Crippen molar-refractivity contribution >= 4 is 46.0 Å². The molecule has 3 rings (SSSR count). The third kappa shape index (κ3) is 6.39. The van der Waals surface area contributed by atoms with E-state index in [0.717, 1.165) is 28.4 Å². The van der Waals surface area contributed by atoms with Gasteiger partial charge in [-0.1, -0.05) is 52.2 Å². The number of anilines is 1. The van der Waals surface area contributed by atoms with Gasteiger partial charge in [-0.05, 0) is 42.2 Å². The lowest BCUT2D eigenvalue weighted by Gasteiger charge is -2.27. The zero-order valence-electron chi connectivity index (χ0n) is 17.1. The van der Waals surface area contributed by atoms with E-state index in [0.29, 0.717) is 18.8 Å². The van der Waals surface area contributed by atoms with Crippen molar-refractivity contribution in [3.63, 3.8) is 0 Å². The van der Waals surface area contributed by atoms with Crippen LogP contribution in [0.1, 0.15) is 30.0 Å². The second-order valence-corrected chi connectivity index (χ2v) is 8.08. The molecule has 0 saturated carbocycles. The van der Waals surface area contributed by atoms with Gasteiger partial charge in [0, 0.05) is 23.2 Å². The van der Waals surface area contributed by atoms with E-state index in [9.17, 15) is 9.59 Å². The van der Waals surface area contributed by atoms with Crippen LogP contribution in [0.15, 0.2) is 53.0 Å². The Morgan fingerprint density at radius 2 is 1.94 bits per heavy atom. The van der Waals surface area contributed by atoms with Crippen molar-refractivity contribution in [1.29, 1.82) is 0 Å². The number of hydrogen-bond acceptors (Lipinski definition) is 3. The number of terminal acetylenes is 1. The van der Waals surface area contributed by atoms with Crippen molar-refractivity contribution in [2.24, 2.45) is 0 Å². The van der Waals surface area contributed by atoms with Crippen LogP contribution in [0, 0.1) is 12.3 Å². The highest BCUT2D eigenvalue weighted by Crippen LogP contribution is 2.35. The number of carbonyl (C=O) groups is 2. The third-order valence-corrected chi connectivity index (χ3v) is 5.87. The van der Waals surface area contributed by atoms with E-state index in [1.54, 1.807) is 12.1 Å². The van der Waals surface area contributed by atoms with Gasteiger partial charge in [-0.3, -0.25) is 4.79 Å². The largest absolute Gasteiger partial charge is 0.399 e. The van der Waals surface area contributed by atoms with E-state index < -0.39 is 0 Å². The quantitative estimate of drug-likeness (QED) is 0.461. The van der Waals surface area contributed by atoms with Gasteiger partial charge >= 0.3 is 6.03 Å². The van der Waals surface area contributed by atoms with E-state index in [2.05, 4.69) is 27.2 Å². The Kier molecular flexibility index (Phi) is 9.22. The summed E-state index contributed by atoms with van der Waals surface area (Å²) in [5.74, 6) is 2.40. The van der Waals surface area contributed by atoms with Gasteiger partial charge in [0.25, 0.3) is 0 Å². The summed E-state index contributed by atoms with van der Waals surface area (Å²) in [5.41, 5.74) is 8.37. The second kappa shape index (κ2) is 11.6. The number of halogens is 2. The molecule has 3 amide bonds. The van der Waals surface area contributed by atoms with Crippen LogP contribution >= 0.6 is 28.3 Å². The molecule has 0 spiro atoms. The van der Waals surface area contributed by atoms with Crippen LogP contribution in [0.25, 0.3) is 0 Å². The number of carbonyl (C=O) groups excluding carboxylic acids is 2. The Labute approximate surface area is 197 Å². The van der Waals surface area contributed by atoms with Crippen LogP contribution in [-0.4, -0.2) is 41.4 Å². The van der Waals surface area contributed by atoms with Crippen molar-refractivity contribution in [3.05, 3.63) is 64.1 Å². The van der Waals surface area contributed by atoms with Gasteiger partial charge in [-0.15, -0.1) is 18.8 Å². The number of likely N-dealkylation sites (tertiary alicyclic amines) is 1. The van der Waals surface area contributed by atoms with Crippen molar-refractivity contribution < 1.29 is 9.59 Å². The van der Waals surface area contributed by atoms with Crippen molar-refractivity contribution in [2.45, 2.75) is 25.4 Å². The van der Waals surface area contributed by atoms with Crippen LogP contribution in [0.3, 0.4) is 0 Å². The van der Waals surface area contributed by atoms with Crippen LogP contribution in [0.4, 0.5) is 10.5 Å². The summed E-state index contributed by atoms with van der Waals surface area (Å²) in [5, 5.41) is 2.73. The average molecular weight is 506 g/mol. The smallest absolute Gasteiger partial charge is 0.318 e. The van der Waals surface area contributed by atoms with Crippen LogP contribution in [0.5, 0.6) is 0 Å². The summed E-state index contributed by atoms with van der Waals surface area (Å²) in [7, 11) is 0. The molecule has 1 unspecified atom stereocenters. The molecule has 1 aliphatic rings. The third-order valence-electron chi connectivity index (χ3n) is 5.15. The van der Waals surface area contributed by atoms with Crippen molar-refractivity contribution in [1.82, 2.24) is 15.1 Å². The Morgan fingerprint density at radius 3 is 2.61 bits per heavy atom. The molecule has 0 radical (unpaired) electrons. The molecule has 164 valence electrons. The highest BCUT2D eigenvalue weighted by atomic mass is 79.9. The van der Waals surface area contributed by atoms with Crippen molar-refractivity contribution in [2.75, 3.05) is 25.4 Å². The Morgan fingerprint density at radius 1 is 1.23 bits per heavy atom. The van der Waals surface area contributed by atoms with E-state index >= 15 is 0 Å². The fourth-order valence-electron chi connectivity index (χ4n) is 3.65. The molecule has 0 aromatic heterocycles. The fourth-order valence-corrected chi connectivity index (χ4v) is 4.20. The molecular formula is C23H26BrClN4O2. The molecule has 8 heteroatoms. The Balaban J connectivity index is 0.00000341. The summed E-state index contributed by atoms with van der Waals surface area (Å²) in [4.78, 5) is 28.8. The van der Waals surface area contributed by atoms with E-state index in [1.807, 2.05) is 41.3 Å². The molecule has 1 atom stereocenters. The number of urea groups is 1. The van der Waals surface area contributed by atoms with Crippen molar-refractivity contribution in [3.8, 4) is 12.3 Å². The van der Waals surface area contributed by atoms with E-state index in [4.69, 9.17) is 12.2 Å². The Bertz CT molecular complexity index is 945. The molecule has 1 heterocycles. The first kappa shape index (κ1) is 24.6. The first-order valence-electron chi connectivity index (χ1n) is 9.84. The minimum atomic E-state index is -0.366. The van der Waals surface area contributed by atoms with Crippen LogP contribution in [-0.2, 0) is 11.3 Å². The molecule has 0 aliphatic carbocycles. The molecule has 6 nitrogen and oxygen atoms in total. The minimum absolute atomic E-state index is 0. The molecule has 0 bridgehead atoms. The molecule has 1 aliphatic heterocycles. The lowest BCUT2D eigenvalue weighted by molar-refractivity contribution is -0.131. The number of nitrogens with zero attached hydrogens (tertiary/aromatic N) is 2. The van der Waals surface area contributed by atoms with Gasteiger partial charge in [-0.25, -0.2) is 4.79 Å². The highest BCUT2D eigenvalue weighted by molar-refractivity contribution is 9.10. The number of benzene rings is 2. The molecule has 2 aromatic rings. The van der Waals surface area contributed by atoms with Gasteiger partial charge in [0.15, 0.2) is 0 Å². The maximum absolute atomic E-state index is 12.8. The SMILES string of the molecule is C#CCN(Cc1ccc(N)cc1)C(=O)NCC(=O)N1CCCC1c1ccccc1Br.Cl. The summed E-state index contributed by atoms with van der Waals surface area (Å²) < 4.78 is 0.988. The van der Waals surface area contributed by atoms with Gasteiger partial charge in [0.05, 0.1) is 19.1 Å². The van der Waals surface area contributed by atoms with Gasteiger partial charge in [0.1, 0.15) is 0 Å². The standard InChI is InChI=1S/C23H25BrN4O2.ClH/c1-2-13-27(16-17-9-11-18(25)12-10-17)23(30)26-15-22(29)28-14-5-8-21(28)19-6-3-4-7-20(19)24;/h1,3-4,6-7,9-12,21H,5,8,13-16,25H2,(H,26,30);1H. The highest BCUT2D eigenvalue weighted by Gasteiger charge is 2.31. The fraction of sp³-hybridized carbons (Fsp3) is 0.304. The Hall–Kier alpha value is -2.69. The van der Waals surface area contributed by atoms with Crippen LogP contribution in [0.2, 0.25) is 0 Å². The normalized spacial score (nSPS) is 15.0. The first-order valence-corrected chi connectivity index (χ1v) is 10.6. The van der Waals surface area contributed by atoms with E-state index in [-0.39, 0.29) is 43.5 Å². The van der Waals surface area contributed by atoms with Gasteiger partial charge < -0.3 is 20.9 Å². The molecular weight excluding hydrogens is 480 g/mol. The number of nitrogens with two attached hydrogens (primary N) is 1. The zero-order valence-corrected chi connectivity index (χ0v) is 19.5. The summed E-state index contributed by atoms with van der Waals surface area (Å²) in [6.45, 7) is 1.10. The lowest BCUT2D eigenvalue weighted by Crippen LogP contribution is -2.45. The molecule has 2 aromatic carbocycles. The first-order chi connectivity index (χ1) is 14.5. The zero-order chi connectivity index (χ0) is 21.5. The minimum Gasteiger partial charge on any atom is -0.399 e. The molecule has 1 saturated heterocycles. The van der Waals surface area contributed by atoms with E-state index in [1.165, 1.54) is 4.90 Å². The summed E-state index contributed by atoms with van der Waals surface area (Å²) >= 11 is 3.58. The molecule has 3 N–H and O–H groups in total. The van der Waals surface area contributed by atoms with Gasteiger partial charge in [0.2, 0.25) is 5.91 Å². The maximum Gasteiger partial charge on any atom is 0.318 e. The number of nitrogens with one attached hydrogen (secondary N) is 1. The maximum atomic E-state index is 12.8. The predicted octanol–water partition coefficient (Wildman–Crippen LogP) is 3.96. The summed E-state index contributed by atoms with van der Waals surface area (Å²) in [6.07, 6.45) is 7.27. The lowest BCUT2D eigenvalue weighted by atomic mass is 10.0. The number of nitrogen functional groups attached to an aromatic ring is 1. The number of hydrogen-bond donors (Lipinski definition) is 2. The number of rotatable bonds is 6. The second-order valence-electron chi connectivity index (χ2n) is 7.23. The predicted molar refractivity (Wildman–Crippen MR) is 129 cm³/mol. The summed E-state index contributed by atoms with van der Waals surface area (Å²) in [6, 6.07) is 14.8. The molecule has 1 fully saturated rings.